The molecule has 1 saturated heterocycles. The van der Waals surface area contributed by atoms with Crippen molar-refractivity contribution in [3.05, 3.63) is 88.3 Å². The van der Waals surface area contributed by atoms with Gasteiger partial charge in [-0.1, -0.05) is 36.4 Å². The van der Waals surface area contributed by atoms with Crippen LogP contribution in [0.5, 0.6) is 23.0 Å². The van der Waals surface area contributed by atoms with Crippen molar-refractivity contribution in [3.63, 3.8) is 0 Å². The van der Waals surface area contributed by atoms with Crippen molar-refractivity contribution in [1.29, 1.82) is 0 Å². The van der Waals surface area contributed by atoms with Crippen LogP contribution in [0, 0.1) is 0 Å². The Morgan fingerprint density at radius 3 is 1.97 bits per heavy atom. The van der Waals surface area contributed by atoms with Crippen LogP contribution in [-0.4, -0.2) is 49.8 Å². The van der Waals surface area contributed by atoms with E-state index in [-0.39, 0.29) is 30.9 Å². The average molecular weight is 520 g/mol. The zero-order valence-electron chi connectivity index (χ0n) is 20.3. The Balaban J connectivity index is 1.38. The standard InChI is InChI=1S/C28H25NO7S/c1-33-24-14-20(16-26-27(31)29(28(32)37-26)17-19-6-4-3-5-7-19)8-10-22(24)35-12-13-36-23-11-9-21(18-30)15-25(23)34-2/h3-11,14-16,18H,12-13,17H2,1-2H3/b26-16-. The lowest BCUT2D eigenvalue weighted by Crippen LogP contribution is -2.27. The monoisotopic (exact) mass is 519 g/mol. The molecule has 0 N–H and O–H groups in total. The molecule has 37 heavy (non-hydrogen) atoms. The zero-order chi connectivity index (χ0) is 26.2. The number of thioether (sulfide) groups is 1. The molecule has 0 radical (unpaired) electrons. The Kier molecular flexibility index (Phi) is 8.48. The van der Waals surface area contributed by atoms with E-state index in [1.165, 1.54) is 19.1 Å². The van der Waals surface area contributed by atoms with E-state index in [0.717, 1.165) is 23.6 Å². The Morgan fingerprint density at radius 1 is 0.784 bits per heavy atom. The van der Waals surface area contributed by atoms with Crippen molar-refractivity contribution in [3.8, 4) is 23.0 Å². The molecular formula is C28H25NO7S. The molecule has 2 amide bonds. The Hall–Kier alpha value is -4.24. The normalized spacial score (nSPS) is 14.1. The van der Waals surface area contributed by atoms with Gasteiger partial charge in [0.25, 0.3) is 11.1 Å². The van der Waals surface area contributed by atoms with Gasteiger partial charge in [0, 0.05) is 5.56 Å². The number of rotatable bonds is 11. The third-order valence-electron chi connectivity index (χ3n) is 5.46. The third-order valence-corrected chi connectivity index (χ3v) is 6.37. The van der Waals surface area contributed by atoms with Crippen molar-refractivity contribution in [2.45, 2.75) is 6.54 Å². The number of carbonyl (C=O) groups is 3. The summed E-state index contributed by atoms with van der Waals surface area (Å²) in [6.07, 6.45) is 2.40. The fourth-order valence-electron chi connectivity index (χ4n) is 3.63. The van der Waals surface area contributed by atoms with Crippen LogP contribution in [0.1, 0.15) is 21.5 Å². The van der Waals surface area contributed by atoms with Crippen molar-refractivity contribution >= 4 is 35.3 Å². The summed E-state index contributed by atoms with van der Waals surface area (Å²) < 4.78 is 22.2. The number of benzene rings is 3. The number of nitrogens with zero attached hydrogens (tertiary/aromatic N) is 1. The first kappa shape index (κ1) is 25.8. The Bertz CT molecular complexity index is 1320. The quantitative estimate of drug-likeness (QED) is 0.194. The van der Waals surface area contributed by atoms with E-state index >= 15 is 0 Å². The van der Waals surface area contributed by atoms with E-state index in [1.54, 1.807) is 42.5 Å². The summed E-state index contributed by atoms with van der Waals surface area (Å²) in [5.41, 5.74) is 2.08. The van der Waals surface area contributed by atoms with Gasteiger partial charge in [-0.25, -0.2) is 0 Å². The first-order chi connectivity index (χ1) is 18.0. The van der Waals surface area contributed by atoms with Gasteiger partial charge in [0.15, 0.2) is 23.0 Å². The molecule has 190 valence electrons. The van der Waals surface area contributed by atoms with Gasteiger partial charge >= 0.3 is 0 Å². The first-order valence-corrected chi connectivity index (χ1v) is 12.2. The number of ether oxygens (including phenoxy) is 4. The van der Waals surface area contributed by atoms with Crippen molar-refractivity contribution in [1.82, 2.24) is 4.90 Å². The molecule has 0 atom stereocenters. The van der Waals surface area contributed by atoms with Crippen LogP contribution in [-0.2, 0) is 11.3 Å². The molecule has 0 aromatic heterocycles. The lowest BCUT2D eigenvalue weighted by Gasteiger charge is -2.14. The molecule has 0 saturated carbocycles. The second-order valence-corrected chi connectivity index (χ2v) is 8.88. The molecule has 1 aliphatic rings. The highest BCUT2D eigenvalue weighted by Gasteiger charge is 2.35. The van der Waals surface area contributed by atoms with Gasteiger partial charge in [-0.05, 0) is 59.3 Å². The second kappa shape index (κ2) is 12.1. The van der Waals surface area contributed by atoms with E-state index in [4.69, 9.17) is 18.9 Å². The fourth-order valence-corrected chi connectivity index (χ4v) is 4.47. The molecule has 0 bridgehead atoms. The summed E-state index contributed by atoms with van der Waals surface area (Å²) in [4.78, 5) is 37.8. The average Bonchev–Trinajstić information content (AvgIpc) is 3.19. The predicted octanol–water partition coefficient (Wildman–Crippen LogP) is 5.21. The summed E-state index contributed by atoms with van der Waals surface area (Å²) in [5, 5.41) is -0.301. The third kappa shape index (κ3) is 6.31. The summed E-state index contributed by atoms with van der Waals surface area (Å²) >= 11 is 0.914. The summed E-state index contributed by atoms with van der Waals surface area (Å²) in [7, 11) is 3.03. The number of imide groups is 1. The van der Waals surface area contributed by atoms with Crippen LogP contribution in [0.2, 0.25) is 0 Å². The minimum absolute atomic E-state index is 0.229. The van der Waals surface area contributed by atoms with Gasteiger partial charge in [-0.15, -0.1) is 0 Å². The minimum Gasteiger partial charge on any atom is -0.493 e. The molecule has 0 aliphatic carbocycles. The fraction of sp³-hybridized carbons (Fsp3) is 0.179. The number of methoxy groups -OCH3 is 2. The number of amides is 2. The van der Waals surface area contributed by atoms with E-state index in [2.05, 4.69) is 0 Å². The molecule has 0 unspecified atom stereocenters. The van der Waals surface area contributed by atoms with Crippen LogP contribution in [0.4, 0.5) is 4.79 Å². The van der Waals surface area contributed by atoms with Gasteiger partial charge in [-0.3, -0.25) is 19.3 Å². The van der Waals surface area contributed by atoms with Crippen molar-refractivity contribution < 1.29 is 33.3 Å². The number of aldehydes is 1. The second-order valence-electron chi connectivity index (χ2n) is 7.89. The number of carbonyl (C=O) groups excluding carboxylic acids is 3. The SMILES string of the molecule is COc1cc(C=O)ccc1OCCOc1ccc(/C=C2\SC(=O)N(Cc3ccccc3)C2=O)cc1OC. The highest BCUT2D eigenvalue weighted by Crippen LogP contribution is 2.35. The van der Waals surface area contributed by atoms with Gasteiger partial charge in [-0.2, -0.15) is 0 Å². The van der Waals surface area contributed by atoms with Crippen LogP contribution >= 0.6 is 11.8 Å². The molecule has 3 aromatic rings. The molecule has 1 heterocycles. The van der Waals surface area contributed by atoms with Gasteiger partial charge in [0.05, 0.1) is 25.7 Å². The van der Waals surface area contributed by atoms with E-state index < -0.39 is 0 Å². The van der Waals surface area contributed by atoms with Crippen LogP contribution < -0.4 is 18.9 Å². The maximum absolute atomic E-state index is 12.8. The zero-order valence-corrected chi connectivity index (χ0v) is 21.2. The predicted molar refractivity (Wildman–Crippen MR) is 140 cm³/mol. The Labute approximate surface area is 218 Å². The van der Waals surface area contributed by atoms with Gasteiger partial charge in [0.1, 0.15) is 19.5 Å². The lowest BCUT2D eigenvalue weighted by atomic mass is 10.1. The first-order valence-electron chi connectivity index (χ1n) is 11.4. The maximum Gasteiger partial charge on any atom is 0.293 e. The highest BCUT2D eigenvalue weighted by atomic mass is 32.2. The molecule has 8 nitrogen and oxygen atoms in total. The minimum atomic E-state index is -0.327. The smallest absolute Gasteiger partial charge is 0.293 e. The summed E-state index contributed by atoms with van der Waals surface area (Å²) in [6, 6.07) is 19.5. The van der Waals surface area contributed by atoms with E-state index in [9.17, 15) is 14.4 Å². The molecular weight excluding hydrogens is 494 g/mol. The summed E-state index contributed by atoms with van der Waals surface area (Å²) in [5.74, 6) is 1.61. The summed E-state index contributed by atoms with van der Waals surface area (Å²) in [6.45, 7) is 0.692. The van der Waals surface area contributed by atoms with Gasteiger partial charge < -0.3 is 18.9 Å². The number of hydrogen-bond donors (Lipinski definition) is 0. The van der Waals surface area contributed by atoms with E-state index in [0.29, 0.717) is 39.0 Å². The van der Waals surface area contributed by atoms with Gasteiger partial charge in [0.2, 0.25) is 0 Å². The van der Waals surface area contributed by atoms with Crippen LogP contribution in [0.15, 0.2) is 71.6 Å². The molecule has 9 heteroatoms. The molecule has 1 aliphatic heterocycles. The van der Waals surface area contributed by atoms with Crippen LogP contribution in [0.25, 0.3) is 6.08 Å². The molecule has 3 aromatic carbocycles. The Morgan fingerprint density at radius 2 is 1.38 bits per heavy atom. The van der Waals surface area contributed by atoms with Crippen molar-refractivity contribution in [2.24, 2.45) is 0 Å². The molecule has 1 fully saturated rings. The molecule has 4 rings (SSSR count). The topological polar surface area (TPSA) is 91.4 Å². The lowest BCUT2D eigenvalue weighted by molar-refractivity contribution is -0.123. The number of hydrogen-bond acceptors (Lipinski definition) is 8. The van der Waals surface area contributed by atoms with Crippen LogP contribution in [0.3, 0.4) is 0 Å². The van der Waals surface area contributed by atoms with E-state index in [1.807, 2.05) is 30.3 Å². The highest BCUT2D eigenvalue weighted by molar-refractivity contribution is 8.18. The van der Waals surface area contributed by atoms with Crippen molar-refractivity contribution in [2.75, 3.05) is 27.4 Å². The molecule has 0 spiro atoms. The maximum atomic E-state index is 12.8. The largest absolute Gasteiger partial charge is 0.493 e.